The molecule has 3 rings (SSSR count). The molecule has 0 aliphatic carbocycles. The summed E-state index contributed by atoms with van der Waals surface area (Å²) in [5.74, 6) is -0.277. The highest BCUT2D eigenvalue weighted by Gasteiger charge is 2.18. The van der Waals surface area contributed by atoms with Gasteiger partial charge in [-0.25, -0.2) is 8.42 Å². The first kappa shape index (κ1) is 22.6. The Kier molecular flexibility index (Phi) is 6.96. The molecule has 0 bridgehead atoms. The van der Waals surface area contributed by atoms with Gasteiger partial charge in [-0.05, 0) is 54.6 Å². The van der Waals surface area contributed by atoms with Crippen LogP contribution in [0.25, 0.3) is 0 Å². The molecule has 0 aliphatic rings. The van der Waals surface area contributed by atoms with E-state index in [0.717, 1.165) is 0 Å². The third-order valence-electron chi connectivity index (χ3n) is 4.40. The zero-order chi connectivity index (χ0) is 23.1. The highest BCUT2D eigenvalue weighted by atomic mass is 32.2. The van der Waals surface area contributed by atoms with Crippen LogP contribution in [0.1, 0.15) is 20.7 Å². The molecule has 10 heteroatoms. The van der Waals surface area contributed by atoms with Crippen molar-refractivity contribution < 1.29 is 27.5 Å². The Morgan fingerprint density at radius 1 is 0.750 bits per heavy atom. The van der Waals surface area contributed by atoms with Gasteiger partial charge in [0.1, 0.15) is 11.5 Å². The smallest absolute Gasteiger partial charge is 0.269 e. The maximum atomic E-state index is 12.8. The quantitative estimate of drug-likeness (QED) is 0.471. The van der Waals surface area contributed by atoms with E-state index in [2.05, 4.69) is 15.6 Å². The minimum Gasteiger partial charge on any atom is -0.497 e. The van der Waals surface area contributed by atoms with E-state index >= 15 is 0 Å². The third-order valence-corrected chi connectivity index (χ3v) is 5.76. The van der Waals surface area contributed by atoms with Crippen molar-refractivity contribution in [1.29, 1.82) is 0 Å². The summed E-state index contributed by atoms with van der Waals surface area (Å²) >= 11 is 0. The number of benzene rings is 3. The van der Waals surface area contributed by atoms with E-state index in [1.165, 1.54) is 50.6 Å². The summed E-state index contributed by atoms with van der Waals surface area (Å²) in [5, 5.41) is 0. The molecule has 0 unspecified atom stereocenters. The van der Waals surface area contributed by atoms with Gasteiger partial charge in [-0.15, -0.1) is 0 Å². The average molecular weight is 455 g/mol. The second-order valence-electron chi connectivity index (χ2n) is 6.47. The van der Waals surface area contributed by atoms with Crippen LogP contribution in [0.2, 0.25) is 0 Å². The van der Waals surface area contributed by atoms with Crippen molar-refractivity contribution in [2.75, 3.05) is 18.9 Å². The fraction of sp³-hybridized carbons (Fsp3) is 0.0909. The number of sulfonamides is 1. The molecule has 2 amide bonds. The molecule has 3 aromatic rings. The molecular weight excluding hydrogens is 434 g/mol. The molecule has 32 heavy (non-hydrogen) atoms. The molecule has 0 spiro atoms. The normalized spacial score (nSPS) is 10.7. The Hall–Kier alpha value is -4.05. The molecule has 166 valence electrons. The summed E-state index contributed by atoms with van der Waals surface area (Å²) < 4.78 is 38.2. The van der Waals surface area contributed by atoms with Crippen LogP contribution in [-0.4, -0.2) is 34.5 Å². The largest absolute Gasteiger partial charge is 0.497 e. The zero-order valence-corrected chi connectivity index (χ0v) is 18.1. The molecule has 0 fully saturated rings. The van der Waals surface area contributed by atoms with Gasteiger partial charge >= 0.3 is 0 Å². The van der Waals surface area contributed by atoms with Crippen molar-refractivity contribution in [2.45, 2.75) is 4.90 Å². The van der Waals surface area contributed by atoms with Crippen molar-refractivity contribution in [1.82, 2.24) is 10.9 Å². The highest BCUT2D eigenvalue weighted by Crippen LogP contribution is 2.26. The van der Waals surface area contributed by atoms with Crippen molar-refractivity contribution in [3.8, 4) is 11.5 Å². The second-order valence-corrected chi connectivity index (χ2v) is 8.15. The Morgan fingerprint density at radius 3 is 2.06 bits per heavy atom. The Bertz CT molecular complexity index is 1230. The summed E-state index contributed by atoms with van der Waals surface area (Å²) in [6.07, 6.45) is 0. The molecule has 3 aromatic carbocycles. The van der Waals surface area contributed by atoms with Gasteiger partial charge in [-0.2, -0.15) is 0 Å². The molecule has 0 aliphatic heterocycles. The van der Waals surface area contributed by atoms with Crippen LogP contribution in [0, 0.1) is 0 Å². The van der Waals surface area contributed by atoms with Gasteiger partial charge in [0.2, 0.25) is 0 Å². The number of carbonyl (C=O) groups excluding carboxylic acids is 2. The predicted octanol–water partition coefficient (Wildman–Crippen LogP) is 2.58. The van der Waals surface area contributed by atoms with Crippen LogP contribution in [0.5, 0.6) is 11.5 Å². The van der Waals surface area contributed by atoms with Crippen LogP contribution in [0.3, 0.4) is 0 Å². The number of methoxy groups -OCH3 is 2. The summed E-state index contributed by atoms with van der Waals surface area (Å²) in [7, 11) is -1.05. The first-order valence-electron chi connectivity index (χ1n) is 9.34. The van der Waals surface area contributed by atoms with E-state index in [-0.39, 0.29) is 16.1 Å². The molecule has 0 saturated carbocycles. The Labute approximate surface area is 185 Å². The average Bonchev–Trinajstić information content (AvgIpc) is 2.82. The maximum Gasteiger partial charge on any atom is 0.269 e. The van der Waals surface area contributed by atoms with Gasteiger partial charge in [0.15, 0.2) is 0 Å². The van der Waals surface area contributed by atoms with E-state index in [4.69, 9.17) is 9.47 Å². The van der Waals surface area contributed by atoms with Gasteiger partial charge in [0.25, 0.3) is 21.8 Å². The predicted molar refractivity (Wildman–Crippen MR) is 118 cm³/mol. The molecule has 9 nitrogen and oxygen atoms in total. The SMILES string of the molecule is COc1ccc(C(=O)NNC(=O)c2cccc(S(=O)(=O)Nc3ccccc3OC)c2)cc1. The summed E-state index contributed by atoms with van der Waals surface area (Å²) in [6.45, 7) is 0. The number of carbonyl (C=O) groups is 2. The van der Waals surface area contributed by atoms with Crippen LogP contribution in [0.15, 0.2) is 77.7 Å². The summed E-state index contributed by atoms with van der Waals surface area (Å²) in [4.78, 5) is 24.5. The number of nitrogens with one attached hydrogen (secondary N) is 3. The first-order chi connectivity index (χ1) is 15.3. The topological polar surface area (TPSA) is 123 Å². The van der Waals surface area contributed by atoms with Gasteiger partial charge in [-0.1, -0.05) is 18.2 Å². The lowest BCUT2D eigenvalue weighted by Crippen LogP contribution is -2.41. The lowest BCUT2D eigenvalue weighted by atomic mass is 10.2. The number of para-hydroxylation sites is 2. The fourth-order valence-corrected chi connectivity index (χ4v) is 3.85. The van der Waals surface area contributed by atoms with Crippen molar-refractivity contribution in [2.24, 2.45) is 0 Å². The molecule has 0 heterocycles. The highest BCUT2D eigenvalue weighted by molar-refractivity contribution is 7.92. The number of amides is 2. The lowest BCUT2D eigenvalue weighted by molar-refractivity contribution is 0.0846. The third kappa shape index (κ3) is 5.35. The number of rotatable bonds is 7. The second kappa shape index (κ2) is 9.84. The minimum atomic E-state index is -3.99. The van der Waals surface area contributed by atoms with E-state index in [1.54, 1.807) is 36.4 Å². The standard InChI is InChI=1S/C22H21N3O6S/c1-30-17-12-10-15(11-13-17)21(26)23-24-22(27)16-6-5-7-18(14-16)32(28,29)25-19-8-3-4-9-20(19)31-2/h3-14,25H,1-2H3,(H,23,26)(H,24,27). The number of anilines is 1. The van der Waals surface area contributed by atoms with Crippen molar-refractivity contribution in [3.63, 3.8) is 0 Å². The van der Waals surface area contributed by atoms with E-state index in [0.29, 0.717) is 17.1 Å². The van der Waals surface area contributed by atoms with Gasteiger partial charge in [-0.3, -0.25) is 25.2 Å². The van der Waals surface area contributed by atoms with E-state index in [1.807, 2.05) is 0 Å². The van der Waals surface area contributed by atoms with E-state index < -0.39 is 21.8 Å². The van der Waals surface area contributed by atoms with Crippen molar-refractivity contribution in [3.05, 3.63) is 83.9 Å². The Morgan fingerprint density at radius 2 is 1.41 bits per heavy atom. The number of hydrogen-bond donors (Lipinski definition) is 3. The van der Waals surface area contributed by atoms with Crippen LogP contribution in [-0.2, 0) is 10.0 Å². The molecule has 0 aromatic heterocycles. The molecule has 3 N–H and O–H groups in total. The van der Waals surface area contributed by atoms with Gasteiger partial charge in [0, 0.05) is 11.1 Å². The molecule has 0 saturated heterocycles. The molecule has 0 atom stereocenters. The molecule has 0 radical (unpaired) electrons. The first-order valence-corrected chi connectivity index (χ1v) is 10.8. The van der Waals surface area contributed by atoms with E-state index in [9.17, 15) is 18.0 Å². The zero-order valence-electron chi connectivity index (χ0n) is 17.3. The van der Waals surface area contributed by atoms with Gasteiger partial charge in [0.05, 0.1) is 24.8 Å². The number of hydrazine groups is 1. The number of hydrogen-bond acceptors (Lipinski definition) is 6. The minimum absolute atomic E-state index is 0.0444. The summed E-state index contributed by atoms with van der Waals surface area (Å²) in [5.41, 5.74) is 5.17. The lowest BCUT2D eigenvalue weighted by Gasteiger charge is -2.12. The van der Waals surface area contributed by atoms with Crippen molar-refractivity contribution >= 4 is 27.5 Å². The monoisotopic (exact) mass is 455 g/mol. The molecular formula is C22H21N3O6S. The Balaban J connectivity index is 1.70. The number of ether oxygens (including phenoxy) is 2. The van der Waals surface area contributed by atoms with Gasteiger partial charge < -0.3 is 9.47 Å². The maximum absolute atomic E-state index is 12.8. The van der Waals surface area contributed by atoms with Crippen LogP contribution >= 0.6 is 0 Å². The van der Waals surface area contributed by atoms with Crippen LogP contribution < -0.4 is 25.0 Å². The fourth-order valence-electron chi connectivity index (χ4n) is 2.74. The van der Waals surface area contributed by atoms with Crippen LogP contribution in [0.4, 0.5) is 5.69 Å². The summed E-state index contributed by atoms with van der Waals surface area (Å²) in [6, 6.07) is 18.3.